The Balaban J connectivity index is 1.76. The molecule has 1 nitrogen and oxygen atoms in total. The lowest BCUT2D eigenvalue weighted by Gasteiger charge is -2.31. The largest absolute Gasteiger partial charge is 0.313 e. The van der Waals surface area contributed by atoms with Gasteiger partial charge in [-0.25, -0.2) is 0 Å². The van der Waals surface area contributed by atoms with Gasteiger partial charge in [0.05, 0.1) is 0 Å². The molecule has 0 aliphatic heterocycles. The molecule has 0 atom stereocenters. The van der Waals surface area contributed by atoms with Gasteiger partial charge >= 0.3 is 0 Å². The predicted molar refractivity (Wildman–Crippen MR) is 81.5 cm³/mol. The van der Waals surface area contributed by atoms with E-state index in [9.17, 15) is 0 Å². The maximum atomic E-state index is 3.80. The molecule has 2 aliphatic rings. The lowest BCUT2D eigenvalue weighted by Crippen LogP contribution is -2.35. The minimum Gasteiger partial charge on any atom is -0.313 e. The van der Waals surface area contributed by atoms with Crippen molar-refractivity contribution in [3.05, 3.63) is 34.9 Å². The Morgan fingerprint density at radius 3 is 2.32 bits per heavy atom. The van der Waals surface area contributed by atoms with Crippen molar-refractivity contribution in [2.75, 3.05) is 6.54 Å². The highest BCUT2D eigenvalue weighted by Gasteiger charge is 2.36. The molecule has 0 aromatic heterocycles. The van der Waals surface area contributed by atoms with Crippen LogP contribution in [0.5, 0.6) is 0 Å². The van der Waals surface area contributed by atoms with Crippen LogP contribution in [0.15, 0.2) is 18.2 Å². The van der Waals surface area contributed by atoms with E-state index in [4.69, 9.17) is 0 Å². The monoisotopic (exact) mass is 257 g/mol. The molecule has 2 fully saturated rings. The SMILES string of the molecule is Cc1cccc(C)c1CC1(CNC2CC2)CCCC1. The van der Waals surface area contributed by atoms with E-state index >= 15 is 0 Å². The Morgan fingerprint density at radius 2 is 1.74 bits per heavy atom. The van der Waals surface area contributed by atoms with Crippen LogP contribution in [0.1, 0.15) is 55.2 Å². The van der Waals surface area contributed by atoms with Crippen molar-refractivity contribution in [3.63, 3.8) is 0 Å². The van der Waals surface area contributed by atoms with E-state index in [1.54, 1.807) is 5.56 Å². The fraction of sp³-hybridized carbons (Fsp3) is 0.667. The summed E-state index contributed by atoms with van der Waals surface area (Å²) < 4.78 is 0. The Bertz CT molecular complexity index is 419. The summed E-state index contributed by atoms with van der Waals surface area (Å²) in [7, 11) is 0. The van der Waals surface area contributed by atoms with Gasteiger partial charge in [-0.1, -0.05) is 31.0 Å². The van der Waals surface area contributed by atoms with Crippen LogP contribution >= 0.6 is 0 Å². The minimum absolute atomic E-state index is 0.541. The lowest BCUT2D eigenvalue weighted by molar-refractivity contribution is 0.275. The molecule has 104 valence electrons. The Morgan fingerprint density at radius 1 is 1.11 bits per heavy atom. The van der Waals surface area contributed by atoms with E-state index in [-0.39, 0.29) is 0 Å². The first kappa shape index (κ1) is 13.2. The lowest BCUT2D eigenvalue weighted by atomic mass is 9.78. The summed E-state index contributed by atoms with van der Waals surface area (Å²) in [6, 6.07) is 7.59. The molecule has 3 rings (SSSR count). The summed E-state index contributed by atoms with van der Waals surface area (Å²) in [6.45, 7) is 5.80. The Kier molecular flexibility index (Phi) is 3.66. The highest BCUT2D eigenvalue weighted by molar-refractivity contribution is 5.34. The second-order valence-corrected chi connectivity index (χ2v) is 6.91. The molecular formula is C18H27N. The van der Waals surface area contributed by atoms with Gasteiger partial charge in [0.25, 0.3) is 0 Å². The molecule has 0 saturated heterocycles. The van der Waals surface area contributed by atoms with Gasteiger partial charge in [0.15, 0.2) is 0 Å². The first-order valence-electron chi connectivity index (χ1n) is 7.97. The van der Waals surface area contributed by atoms with Crippen molar-refractivity contribution in [1.82, 2.24) is 5.32 Å². The fourth-order valence-electron chi connectivity index (χ4n) is 3.69. The van der Waals surface area contributed by atoms with Gasteiger partial charge in [0.2, 0.25) is 0 Å². The highest BCUT2D eigenvalue weighted by atomic mass is 15.0. The van der Waals surface area contributed by atoms with Crippen molar-refractivity contribution < 1.29 is 0 Å². The Hall–Kier alpha value is -0.820. The van der Waals surface area contributed by atoms with Crippen molar-refractivity contribution in [3.8, 4) is 0 Å². The van der Waals surface area contributed by atoms with Gasteiger partial charge in [-0.2, -0.15) is 0 Å². The number of hydrogen-bond donors (Lipinski definition) is 1. The van der Waals surface area contributed by atoms with Crippen LogP contribution < -0.4 is 5.32 Å². The summed E-state index contributed by atoms with van der Waals surface area (Å²) in [6.07, 6.45) is 9.78. The van der Waals surface area contributed by atoms with Crippen LogP contribution in [0.3, 0.4) is 0 Å². The van der Waals surface area contributed by atoms with Crippen LogP contribution in [0.2, 0.25) is 0 Å². The number of benzene rings is 1. The molecule has 0 radical (unpaired) electrons. The van der Waals surface area contributed by atoms with Crippen molar-refractivity contribution in [2.24, 2.45) is 5.41 Å². The third kappa shape index (κ3) is 3.02. The topological polar surface area (TPSA) is 12.0 Å². The molecule has 1 N–H and O–H groups in total. The standard InChI is InChI=1S/C18H27N/c1-14-6-5-7-15(2)17(14)12-18(10-3-4-11-18)13-19-16-8-9-16/h5-7,16,19H,3-4,8-13H2,1-2H3. The molecule has 0 bridgehead atoms. The number of rotatable bonds is 5. The molecule has 0 spiro atoms. The molecule has 1 aromatic rings. The van der Waals surface area contributed by atoms with Crippen LogP contribution in [0.25, 0.3) is 0 Å². The summed E-state index contributed by atoms with van der Waals surface area (Å²) in [5.74, 6) is 0. The van der Waals surface area contributed by atoms with Gasteiger partial charge in [-0.05, 0) is 68.1 Å². The molecule has 0 heterocycles. The van der Waals surface area contributed by atoms with Gasteiger partial charge < -0.3 is 5.32 Å². The zero-order valence-corrected chi connectivity index (χ0v) is 12.5. The molecule has 2 saturated carbocycles. The van der Waals surface area contributed by atoms with Crippen LogP contribution in [-0.2, 0) is 6.42 Å². The summed E-state index contributed by atoms with van der Waals surface area (Å²) in [4.78, 5) is 0. The van der Waals surface area contributed by atoms with E-state index in [2.05, 4.69) is 37.4 Å². The van der Waals surface area contributed by atoms with Crippen LogP contribution in [0.4, 0.5) is 0 Å². The Labute approximate surface area is 117 Å². The molecule has 0 amide bonds. The smallest absolute Gasteiger partial charge is 0.00684 e. The predicted octanol–water partition coefficient (Wildman–Crippen LogP) is 4.16. The van der Waals surface area contributed by atoms with E-state index in [0.717, 1.165) is 6.04 Å². The average molecular weight is 257 g/mol. The van der Waals surface area contributed by atoms with Gasteiger partial charge in [0.1, 0.15) is 0 Å². The van der Waals surface area contributed by atoms with E-state index in [0.29, 0.717) is 5.41 Å². The third-order valence-electron chi connectivity index (χ3n) is 5.20. The number of aryl methyl sites for hydroxylation is 2. The van der Waals surface area contributed by atoms with Gasteiger partial charge in [-0.15, -0.1) is 0 Å². The quantitative estimate of drug-likeness (QED) is 0.835. The summed E-state index contributed by atoms with van der Waals surface area (Å²) in [5, 5.41) is 3.80. The zero-order valence-electron chi connectivity index (χ0n) is 12.5. The summed E-state index contributed by atoms with van der Waals surface area (Å²) >= 11 is 0. The minimum atomic E-state index is 0.541. The van der Waals surface area contributed by atoms with Gasteiger partial charge in [-0.3, -0.25) is 0 Å². The van der Waals surface area contributed by atoms with Crippen LogP contribution in [0, 0.1) is 19.3 Å². The van der Waals surface area contributed by atoms with Crippen molar-refractivity contribution in [1.29, 1.82) is 0 Å². The van der Waals surface area contributed by atoms with E-state index in [1.165, 1.54) is 62.6 Å². The molecule has 2 aliphatic carbocycles. The zero-order chi connectivity index (χ0) is 13.3. The molecule has 19 heavy (non-hydrogen) atoms. The maximum absolute atomic E-state index is 3.80. The average Bonchev–Trinajstić information content (AvgIpc) is 3.12. The van der Waals surface area contributed by atoms with Gasteiger partial charge in [0, 0.05) is 12.6 Å². The van der Waals surface area contributed by atoms with Crippen LogP contribution in [-0.4, -0.2) is 12.6 Å². The molecule has 1 aromatic carbocycles. The second kappa shape index (κ2) is 5.28. The maximum Gasteiger partial charge on any atom is 0.00684 e. The summed E-state index contributed by atoms with van der Waals surface area (Å²) in [5.41, 5.74) is 5.12. The molecule has 0 unspecified atom stereocenters. The van der Waals surface area contributed by atoms with E-state index < -0.39 is 0 Å². The normalized spacial score (nSPS) is 21.8. The third-order valence-corrected chi connectivity index (χ3v) is 5.20. The highest BCUT2D eigenvalue weighted by Crippen LogP contribution is 2.42. The number of nitrogens with one attached hydrogen (secondary N) is 1. The van der Waals surface area contributed by atoms with Crippen molar-refractivity contribution >= 4 is 0 Å². The number of hydrogen-bond acceptors (Lipinski definition) is 1. The molecule has 1 heteroatoms. The van der Waals surface area contributed by atoms with E-state index in [1.807, 2.05) is 0 Å². The fourth-order valence-corrected chi connectivity index (χ4v) is 3.69. The van der Waals surface area contributed by atoms with Crippen molar-refractivity contribution in [2.45, 2.75) is 64.8 Å². The second-order valence-electron chi connectivity index (χ2n) is 6.91. The first-order chi connectivity index (χ1) is 9.19. The first-order valence-corrected chi connectivity index (χ1v) is 7.97. The molecular weight excluding hydrogens is 230 g/mol.